The van der Waals surface area contributed by atoms with Crippen LogP contribution in [0.5, 0.6) is 0 Å². The molecule has 1 amide bonds. The Bertz CT molecular complexity index is 644. The molecule has 0 radical (unpaired) electrons. The average molecular weight is 453 g/mol. The summed E-state index contributed by atoms with van der Waals surface area (Å²) >= 11 is 0. The van der Waals surface area contributed by atoms with Gasteiger partial charge >= 0.3 is 0 Å². The molecule has 2 bridgehead atoms. The lowest BCUT2D eigenvalue weighted by atomic mass is 9.58. The monoisotopic (exact) mass is 452 g/mol. The van der Waals surface area contributed by atoms with Gasteiger partial charge in [0.1, 0.15) is 0 Å². The number of hydrogen-bond donors (Lipinski definition) is 1. The fourth-order valence-corrected chi connectivity index (χ4v) is 6.16. The van der Waals surface area contributed by atoms with Crippen LogP contribution in [0, 0.1) is 17.3 Å². The third kappa shape index (κ3) is 6.34. The minimum atomic E-state index is -0.657. The molecule has 32 heavy (non-hydrogen) atoms. The fourth-order valence-electron chi connectivity index (χ4n) is 6.16. The maximum Gasteiger partial charge on any atom is 0.232 e. The molecule has 3 aliphatic carbocycles. The van der Waals surface area contributed by atoms with E-state index in [9.17, 15) is 9.90 Å². The number of amides is 1. The molecule has 6 nitrogen and oxygen atoms in total. The number of methoxy groups -OCH3 is 2. The molecule has 0 aliphatic heterocycles. The Morgan fingerprint density at radius 3 is 2.38 bits per heavy atom. The van der Waals surface area contributed by atoms with Crippen LogP contribution >= 0.6 is 0 Å². The Morgan fingerprint density at radius 1 is 1.16 bits per heavy atom. The number of aliphatic hydroxyl groups is 1. The van der Waals surface area contributed by atoms with Gasteiger partial charge in [-0.05, 0) is 71.9 Å². The molecule has 0 unspecified atom stereocenters. The van der Waals surface area contributed by atoms with Crippen molar-refractivity contribution in [1.82, 2.24) is 9.80 Å². The van der Waals surface area contributed by atoms with Gasteiger partial charge < -0.3 is 24.4 Å². The lowest BCUT2D eigenvalue weighted by Gasteiger charge is -2.51. The lowest BCUT2D eigenvalue weighted by molar-refractivity contribution is -0.146. The Kier molecular flexibility index (Phi) is 10.2. The molecule has 3 rings (SSSR count). The van der Waals surface area contributed by atoms with E-state index >= 15 is 0 Å². The van der Waals surface area contributed by atoms with Gasteiger partial charge in [0.15, 0.2) is 0 Å². The fraction of sp³-hybridized carbons (Fsp3) is 0.885. The first-order valence-corrected chi connectivity index (χ1v) is 12.5. The summed E-state index contributed by atoms with van der Waals surface area (Å²) in [6.45, 7) is 9.60. The molecular formula is C26H48N2O4. The standard InChI is InChI=1S/C26H48N2O4/c1-8-10-22-20(2)23-12-11-21(22)17-26(23,30)13-16-27(4)14-9-15-28(5)24(29)25(3,18-31-6)19-32-7/h21,23,30H,8-19H2,1-7H3/t21-,23-,26+/m0/s1. The van der Waals surface area contributed by atoms with E-state index in [1.165, 1.54) is 24.8 Å². The summed E-state index contributed by atoms with van der Waals surface area (Å²) in [4.78, 5) is 17.0. The number of rotatable bonds is 14. The van der Waals surface area contributed by atoms with Crippen LogP contribution in [0.15, 0.2) is 11.1 Å². The van der Waals surface area contributed by atoms with Gasteiger partial charge in [0.05, 0.1) is 24.2 Å². The van der Waals surface area contributed by atoms with Gasteiger partial charge in [-0.25, -0.2) is 0 Å². The van der Waals surface area contributed by atoms with Crippen molar-refractivity contribution in [2.75, 3.05) is 61.2 Å². The van der Waals surface area contributed by atoms with Crippen molar-refractivity contribution >= 4 is 5.91 Å². The average Bonchev–Trinajstić information content (AvgIpc) is 2.74. The van der Waals surface area contributed by atoms with Crippen LogP contribution < -0.4 is 0 Å². The zero-order valence-electron chi connectivity index (χ0n) is 21.7. The van der Waals surface area contributed by atoms with Crippen LogP contribution in [0.1, 0.15) is 65.7 Å². The first kappa shape index (κ1) is 27.3. The Morgan fingerprint density at radius 2 is 1.81 bits per heavy atom. The second-order valence-electron chi connectivity index (χ2n) is 10.7. The smallest absolute Gasteiger partial charge is 0.232 e. The summed E-state index contributed by atoms with van der Waals surface area (Å²) in [7, 11) is 7.21. The van der Waals surface area contributed by atoms with E-state index in [1.54, 1.807) is 24.7 Å². The first-order chi connectivity index (χ1) is 15.1. The van der Waals surface area contributed by atoms with E-state index in [4.69, 9.17) is 9.47 Å². The summed E-state index contributed by atoms with van der Waals surface area (Å²) in [5.41, 5.74) is 1.92. The number of carbonyl (C=O) groups is 1. The van der Waals surface area contributed by atoms with Gasteiger partial charge in [-0.15, -0.1) is 0 Å². The molecule has 6 heteroatoms. The number of ether oxygens (including phenoxy) is 2. The predicted molar refractivity (Wildman–Crippen MR) is 130 cm³/mol. The van der Waals surface area contributed by atoms with Crippen molar-refractivity contribution in [3.63, 3.8) is 0 Å². The summed E-state index contributed by atoms with van der Waals surface area (Å²) in [6, 6.07) is 0. The van der Waals surface area contributed by atoms with E-state index in [0.29, 0.717) is 31.6 Å². The lowest BCUT2D eigenvalue weighted by Crippen LogP contribution is -2.50. The number of fused-ring (bicyclic) bond motifs is 2. The van der Waals surface area contributed by atoms with Crippen molar-refractivity contribution in [3.05, 3.63) is 11.1 Å². The zero-order valence-corrected chi connectivity index (χ0v) is 21.7. The molecule has 3 aliphatic rings. The number of hydrogen-bond acceptors (Lipinski definition) is 5. The second-order valence-corrected chi connectivity index (χ2v) is 10.7. The highest BCUT2D eigenvalue weighted by Crippen LogP contribution is 2.52. The highest BCUT2D eigenvalue weighted by molar-refractivity contribution is 5.82. The molecule has 3 atom stereocenters. The van der Waals surface area contributed by atoms with Gasteiger partial charge in [-0.2, -0.15) is 0 Å². The molecule has 0 aromatic rings. The third-order valence-electron chi connectivity index (χ3n) is 7.84. The van der Waals surface area contributed by atoms with Crippen molar-refractivity contribution < 1.29 is 19.4 Å². The minimum Gasteiger partial charge on any atom is -0.389 e. The van der Waals surface area contributed by atoms with E-state index in [1.807, 2.05) is 14.0 Å². The Hall–Kier alpha value is -0.950. The van der Waals surface area contributed by atoms with Crippen molar-refractivity contribution in [1.29, 1.82) is 0 Å². The number of nitrogens with zero attached hydrogens (tertiary/aromatic N) is 2. The normalized spacial score (nSPS) is 25.7. The van der Waals surface area contributed by atoms with Crippen LogP contribution in [0.2, 0.25) is 0 Å². The largest absolute Gasteiger partial charge is 0.389 e. The summed E-state index contributed by atoms with van der Waals surface area (Å²) in [5, 5.41) is 11.5. The summed E-state index contributed by atoms with van der Waals surface area (Å²) < 4.78 is 10.5. The first-order valence-electron chi connectivity index (χ1n) is 12.5. The molecule has 0 heterocycles. The van der Waals surface area contributed by atoms with Crippen LogP contribution in [0.4, 0.5) is 0 Å². The zero-order chi connectivity index (χ0) is 23.9. The Labute approximate surface area is 196 Å². The van der Waals surface area contributed by atoms with Crippen molar-refractivity contribution in [2.24, 2.45) is 17.3 Å². The van der Waals surface area contributed by atoms with Gasteiger partial charge in [0.2, 0.25) is 5.91 Å². The molecule has 0 saturated heterocycles. The molecular weight excluding hydrogens is 404 g/mol. The van der Waals surface area contributed by atoms with E-state index < -0.39 is 11.0 Å². The molecule has 1 fully saturated rings. The topological polar surface area (TPSA) is 62.2 Å². The van der Waals surface area contributed by atoms with Crippen molar-refractivity contribution in [3.8, 4) is 0 Å². The quantitative estimate of drug-likeness (QED) is 0.407. The van der Waals surface area contributed by atoms with Crippen LogP contribution in [-0.2, 0) is 14.3 Å². The SMILES string of the molecule is CCCC1=C(C)[C@@H]2CC[C@H]1C[C@]2(O)CCN(C)CCCN(C)C(=O)C(C)(COC)COC. The predicted octanol–water partition coefficient (Wildman–Crippen LogP) is 3.73. The van der Waals surface area contributed by atoms with Crippen LogP contribution in [-0.4, -0.2) is 87.6 Å². The van der Waals surface area contributed by atoms with Crippen LogP contribution in [0.25, 0.3) is 0 Å². The number of allylic oxidation sites excluding steroid dienone is 1. The maximum atomic E-state index is 12.9. The van der Waals surface area contributed by atoms with Gasteiger partial charge in [-0.1, -0.05) is 24.5 Å². The van der Waals surface area contributed by atoms with Gasteiger partial charge in [0.25, 0.3) is 0 Å². The summed E-state index contributed by atoms with van der Waals surface area (Å²) in [6.07, 6.45) is 7.45. The van der Waals surface area contributed by atoms with Crippen molar-refractivity contribution in [2.45, 2.75) is 71.3 Å². The highest BCUT2D eigenvalue weighted by Gasteiger charge is 2.48. The molecule has 1 N–H and O–H groups in total. The van der Waals surface area contributed by atoms with Gasteiger partial charge in [0, 0.05) is 40.3 Å². The molecule has 0 spiro atoms. The van der Waals surface area contributed by atoms with E-state index in [0.717, 1.165) is 38.8 Å². The highest BCUT2D eigenvalue weighted by atomic mass is 16.5. The summed E-state index contributed by atoms with van der Waals surface area (Å²) in [5.74, 6) is 0.982. The molecule has 1 saturated carbocycles. The van der Waals surface area contributed by atoms with E-state index in [-0.39, 0.29) is 5.91 Å². The second kappa shape index (κ2) is 12.0. The number of carbonyl (C=O) groups excluding carboxylic acids is 1. The molecule has 0 aromatic carbocycles. The molecule has 186 valence electrons. The van der Waals surface area contributed by atoms with E-state index in [2.05, 4.69) is 25.8 Å². The Balaban J connectivity index is 1.80. The third-order valence-corrected chi connectivity index (χ3v) is 7.84. The molecule has 0 aromatic heterocycles. The minimum absolute atomic E-state index is 0.0570. The maximum absolute atomic E-state index is 12.9. The van der Waals surface area contributed by atoms with Crippen LogP contribution in [0.3, 0.4) is 0 Å². The van der Waals surface area contributed by atoms with Gasteiger partial charge in [-0.3, -0.25) is 4.79 Å².